The van der Waals surface area contributed by atoms with Gasteiger partial charge in [0, 0.05) is 49.9 Å². The number of amides is 1. The van der Waals surface area contributed by atoms with Crippen molar-refractivity contribution in [1.82, 2.24) is 29.0 Å². The Labute approximate surface area is 150 Å². The molecule has 1 N–H and O–H groups in total. The Balaban J connectivity index is 1.55. The number of rotatable bonds is 4. The van der Waals surface area contributed by atoms with Crippen LogP contribution in [-0.4, -0.2) is 41.5 Å². The zero-order valence-electron chi connectivity index (χ0n) is 14.8. The van der Waals surface area contributed by atoms with Crippen molar-refractivity contribution in [3.63, 3.8) is 0 Å². The summed E-state index contributed by atoms with van der Waals surface area (Å²) in [6, 6.07) is 3.41. The number of fused-ring (bicyclic) bond motifs is 1. The normalized spacial score (nSPS) is 17.7. The van der Waals surface area contributed by atoms with E-state index in [-0.39, 0.29) is 17.5 Å². The maximum absolute atomic E-state index is 12.8. The van der Waals surface area contributed by atoms with Crippen LogP contribution < -0.4 is 5.56 Å². The van der Waals surface area contributed by atoms with Gasteiger partial charge in [0.1, 0.15) is 0 Å². The number of nitrogens with zero attached hydrogens (tertiary/aromatic N) is 5. The highest BCUT2D eigenvalue weighted by molar-refractivity contribution is 5.76. The number of imidazole rings is 1. The molecule has 0 bridgehead atoms. The van der Waals surface area contributed by atoms with Crippen molar-refractivity contribution < 1.29 is 4.79 Å². The van der Waals surface area contributed by atoms with Gasteiger partial charge in [-0.1, -0.05) is 0 Å². The van der Waals surface area contributed by atoms with Gasteiger partial charge in [-0.2, -0.15) is 5.10 Å². The lowest BCUT2D eigenvalue weighted by molar-refractivity contribution is -0.135. The zero-order valence-corrected chi connectivity index (χ0v) is 14.8. The van der Waals surface area contributed by atoms with Gasteiger partial charge in [-0.05, 0) is 32.3 Å². The van der Waals surface area contributed by atoms with Crippen molar-refractivity contribution in [2.75, 3.05) is 6.54 Å². The fraction of sp³-hybridized carbons (Fsp3) is 0.444. The quantitative estimate of drug-likeness (QED) is 0.772. The Kier molecular flexibility index (Phi) is 4.32. The van der Waals surface area contributed by atoms with Crippen LogP contribution >= 0.6 is 0 Å². The summed E-state index contributed by atoms with van der Waals surface area (Å²) in [6.45, 7) is 3.20. The van der Waals surface area contributed by atoms with Gasteiger partial charge in [-0.3, -0.25) is 18.7 Å². The molecule has 4 rings (SSSR count). The molecule has 1 atom stereocenters. The molecular formula is C18H22N6O2. The average molecular weight is 354 g/mol. The lowest BCUT2D eigenvalue weighted by Crippen LogP contribution is -2.39. The van der Waals surface area contributed by atoms with Crippen LogP contribution in [0.4, 0.5) is 0 Å². The highest BCUT2D eigenvalue weighted by Crippen LogP contribution is 2.30. The van der Waals surface area contributed by atoms with Gasteiger partial charge >= 0.3 is 0 Å². The Morgan fingerprint density at radius 1 is 1.35 bits per heavy atom. The number of likely N-dealkylation sites (tertiary alicyclic amines) is 1. The van der Waals surface area contributed by atoms with Gasteiger partial charge in [-0.15, -0.1) is 0 Å². The van der Waals surface area contributed by atoms with E-state index in [1.807, 2.05) is 24.1 Å². The van der Waals surface area contributed by atoms with E-state index in [2.05, 4.69) is 15.1 Å². The Morgan fingerprint density at radius 3 is 3.04 bits per heavy atom. The van der Waals surface area contributed by atoms with Gasteiger partial charge in [0.25, 0.3) is 5.56 Å². The lowest BCUT2D eigenvalue weighted by atomic mass is 9.98. The maximum atomic E-state index is 12.8. The number of aromatic nitrogens is 5. The zero-order chi connectivity index (χ0) is 18.1. The predicted octanol–water partition coefficient (Wildman–Crippen LogP) is 1.67. The van der Waals surface area contributed by atoms with Crippen LogP contribution in [0.2, 0.25) is 0 Å². The molecule has 0 unspecified atom stereocenters. The molecule has 0 aromatic carbocycles. The van der Waals surface area contributed by atoms with Crippen molar-refractivity contribution in [1.29, 1.82) is 0 Å². The number of aromatic amines is 1. The van der Waals surface area contributed by atoms with Crippen molar-refractivity contribution in [2.24, 2.45) is 0 Å². The second-order valence-electron chi connectivity index (χ2n) is 6.75. The van der Waals surface area contributed by atoms with Gasteiger partial charge in [0.15, 0.2) is 0 Å². The molecule has 0 radical (unpaired) electrons. The van der Waals surface area contributed by atoms with Crippen molar-refractivity contribution in [3.8, 4) is 0 Å². The summed E-state index contributed by atoms with van der Waals surface area (Å²) >= 11 is 0. The molecule has 8 heteroatoms. The second-order valence-corrected chi connectivity index (χ2v) is 6.75. The molecule has 0 spiro atoms. The van der Waals surface area contributed by atoms with Gasteiger partial charge in [0.05, 0.1) is 11.7 Å². The van der Waals surface area contributed by atoms with E-state index in [9.17, 15) is 9.59 Å². The third-order valence-corrected chi connectivity index (χ3v) is 4.92. The molecular weight excluding hydrogens is 332 g/mol. The fourth-order valence-corrected chi connectivity index (χ4v) is 3.62. The molecule has 4 heterocycles. The third kappa shape index (κ3) is 3.14. The second kappa shape index (κ2) is 6.78. The molecule has 0 aliphatic carbocycles. The fourth-order valence-electron chi connectivity index (χ4n) is 3.62. The summed E-state index contributed by atoms with van der Waals surface area (Å²) in [4.78, 5) is 34.4. The number of hydrogen-bond donors (Lipinski definition) is 1. The molecule has 1 amide bonds. The topological polar surface area (TPSA) is 88.3 Å². The Morgan fingerprint density at radius 2 is 2.23 bits per heavy atom. The minimum absolute atomic E-state index is 0.0897. The first kappa shape index (κ1) is 16.6. The van der Waals surface area contributed by atoms with Crippen LogP contribution in [0.5, 0.6) is 0 Å². The van der Waals surface area contributed by atoms with E-state index < -0.39 is 0 Å². The van der Waals surface area contributed by atoms with Gasteiger partial charge in [0.2, 0.25) is 11.7 Å². The maximum Gasteiger partial charge on any atom is 0.259 e. The highest BCUT2D eigenvalue weighted by Gasteiger charge is 2.29. The number of carbonyl (C=O) groups excluding carboxylic acids is 1. The minimum atomic E-state index is -0.128. The average Bonchev–Trinajstić information content (AvgIpc) is 3.28. The summed E-state index contributed by atoms with van der Waals surface area (Å²) in [6.07, 6.45) is 8.38. The van der Waals surface area contributed by atoms with E-state index in [1.165, 1.54) is 4.40 Å². The van der Waals surface area contributed by atoms with E-state index in [1.54, 1.807) is 23.1 Å². The first-order valence-corrected chi connectivity index (χ1v) is 8.97. The van der Waals surface area contributed by atoms with Crippen molar-refractivity contribution in [2.45, 2.75) is 45.2 Å². The lowest BCUT2D eigenvalue weighted by Gasteiger charge is -2.35. The van der Waals surface area contributed by atoms with Crippen LogP contribution in [0.15, 0.2) is 35.5 Å². The molecule has 3 aromatic rings. The first-order valence-electron chi connectivity index (χ1n) is 8.97. The Hall–Kier alpha value is -2.90. The first-order chi connectivity index (χ1) is 12.6. The van der Waals surface area contributed by atoms with Gasteiger partial charge in [-0.25, -0.2) is 4.98 Å². The number of hydrogen-bond acceptors (Lipinski definition) is 4. The molecule has 3 aromatic heterocycles. The van der Waals surface area contributed by atoms with Crippen LogP contribution in [-0.2, 0) is 11.3 Å². The molecule has 26 heavy (non-hydrogen) atoms. The molecule has 0 saturated carbocycles. The molecule has 136 valence electrons. The van der Waals surface area contributed by atoms with Crippen LogP contribution in [0.25, 0.3) is 5.78 Å². The SMILES string of the molecule is Cc1ccn(CCC(=O)N2CCCC[C@H]2c2cc(=O)n3ccnc3[nH]2)n1. The number of piperidine rings is 1. The van der Waals surface area contributed by atoms with Gasteiger partial charge < -0.3 is 9.88 Å². The number of H-pyrrole nitrogens is 1. The molecule has 8 nitrogen and oxygen atoms in total. The molecule has 1 saturated heterocycles. The summed E-state index contributed by atoms with van der Waals surface area (Å²) in [7, 11) is 0. The standard InChI is InChI=1S/C18H22N6O2/c1-13-5-9-22(21-13)10-6-16(25)23-8-3-2-4-15(23)14-12-17(26)24-11-7-19-18(24)20-14/h5,7,9,11-12,15H,2-4,6,8,10H2,1H3,(H,19,20)/t15-/m0/s1. The number of aryl methyl sites for hydroxylation is 2. The predicted molar refractivity (Wildman–Crippen MR) is 95.7 cm³/mol. The largest absolute Gasteiger partial charge is 0.334 e. The number of nitrogens with one attached hydrogen (secondary N) is 1. The highest BCUT2D eigenvalue weighted by atomic mass is 16.2. The van der Waals surface area contributed by atoms with E-state index in [4.69, 9.17) is 0 Å². The summed E-state index contributed by atoms with van der Waals surface area (Å²) in [5.74, 6) is 0.601. The number of carbonyl (C=O) groups is 1. The molecule has 1 aliphatic heterocycles. The van der Waals surface area contributed by atoms with Crippen molar-refractivity contribution in [3.05, 3.63) is 52.5 Å². The van der Waals surface area contributed by atoms with Crippen LogP contribution in [0.3, 0.4) is 0 Å². The van der Waals surface area contributed by atoms with E-state index in [0.29, 0.717) is 25.3 Å². The Bertz CT molecular complexity index is 985. The smallest absolute Gasteiger partial charge is 0.259 e. The molecule has 1 aliphatic rings. The molecule has 1 fully saturated rings. The minimum Gasteiger partial charge on any atom is -0.334 e. The summed E-state index contributed by atoms with van der Waals surface area (Å²) < 4.78 is 3.27. The summed E-state index contributed by atoms with van der Waals surface area (Å²) in [5, 5.41) is 4.33. The monoisotopic (exact) mass is 354 g/mol. The third-order valence-electron chi connectivity index (χ3n) is 4.92. The summed E-state index contributed by atoms with van der Waals surface area (Å²) in [5.41, 5.74) is 1.58. The van der Waals surface area contributed by atoms with Crippen LogP contribution in [0.1, 0.15) is 43.1 Å². The van der Waals surface area contributed by atoms with Crippen molar-refractivity contribution >= 4 is 11.7 Å². The van der Waals surface area contributed by atoms with E-state index >= 15 is 0 Å². The van der Waals surface area contributed by atoms with E-state index in [0.717, 1.165) is 30.7 Å². The van der Waals surface area contributed by atoms with Crippen LogP contribution in [0, 0.1) is 6.92 Å².